The minimum absolute atomic E-state index is 0.178. The number of fused-ring (bicyclic) bond motifs is 1. The number of carbonyl (C=O) groups is 3. The van der Waals surface area contributed by atoms with E-state index in [1.54, 1.807) is 0 Å². The molecule has 0 aromatic rings. The minimum atomic E-state index is -3.67. The van der Waals surface area contributed by atoms with Gasteiger partial charge in [0.2, 0.25) is 0 Å². The molecule has 0 N–H and O–H groups in total. The minimum Gasteiger partial charge on any atom is -0.449 e. The molecular weight excluding hydrogens is 290 g/mol. The van der Waals surface area contributed by atoms with Crippen molar-refractivity contribution in [2.24, 2.45) is 17.8 Å². The molecule has 4 unspecified atom stereocenters. The van der Waals surface area contributed by atoms with Gasteiger partial charge in [0, 0.05) is 13.3 Å². The molecule has 2 bridgehead atoms. The second-order valence-electron chi connectivity index (χ2n) is 5.93. The largest absolute Gasteiger partial charge is 0.449 e. The first kappa shape index (κ1) is 14.2. The Morgan fingerprint density at radius 2 is 2.14 bits per heavy atom. The fourth-order valence-corrected chi connectivity index (χ4v) is 3.58. The first-order chi connectivity index (χ1) is 9.71. The molecule has 0 aromatic carbocycles. The van der Waals surface area contributed by atoms with Crippen LogP contribution in [-0.4, -0.2) is 36.2 Å². The maximum absolute atomic E-state index is 12.6. The first-order valence-corrected chi connectivity index (χ1v) is 6.71. The molecule has 1 aliphatic heterocycles. The van der Waals surface area contributed by atoms with E-state index >= 15 is 0 Å². The Hall–Kier alpha value is -1.73. The van der Waals surface area contributed by atoms with E-state index in [4.69, 9.17) is 9.47 Å². The molecule has 0 amide bonds. The van der Waals surface area contributed by atoms with E-state index in [-0.39, 0.29) is 23.7 Å². The highest BCUT2D eigenvalue weighted by Gasteiger charge is 2.68. The number of carbonyl (C=O) groups excluding carboxylic acids is 3. The number of esters is 3. The molecule has 2 saturated carbocycles. The van der Waals surface area contributed by atoms with E-state index in [1.807, 2.05) is 0 Å². The third kappa shape index (κ3) is 2.26. The van der Waals surface area contributed by atoms with Crippen molar-refractivity contribution in [1.82, 2.24) is 0 Å². The van der Waals surface area contributed by atoms with Crippen molar-refractivity contribution in [1.29, 1.82) is 0 Å². The summed E-state index contributed by atoms with van der Waals surface area (Å²) in [5.41, 5.74) is 0. The highest BCUT2D eigenvalue weighted by atomic mass is 19.3. The van der Waals surface area contributed by atoms with Crippen molar-refractivity contribution in [3.05, 3.63) is 0 Å². The average Bonchev–Trinajstić information content (AvgIpc) is 2.94. The first-order valence-electron chi connectivity index (χ1n) is 6.71. The summed E-state index contributed by atoms with van der Waals surface area (Å²) in [5, 5.41) is 0. The topological polar surface area (TPSA) is 78.9 Å². The summed E-state index contributed by atoms with van der Waals surface area (Å²) < 4.78 is 39.7. The zero-order valence-electron chi connectivity index (χ0n) is 11.3. The molecule has 3 aliphatic rings. The van der Waals surface area contributed by atoms with Gasteiger partial charge in [-0.1, -0.05) is 0 Å². The molecule has 8 heteroatoms. The van der Waals surface area contributed by atoms with Gasteiger partial charge < -0.3 is 14.2 Å². The van der Waals surface area contributed by atoms with Crippen molar-refractivity contribution in [3.63, 3.8) is 0 Å². The van der Waals surface area contributed by atoms with E-state index in [0.29, 0.717) is 13.3 Å². The molecule has 0 aromatic heterocycles. The van der Waals surface area contributed by atoms with Crippen LogP contribution in [0.5, 0.6) is 0 Å². The Morgan fingerprint density at radius 1 is 1.43 bits per heavy atom. The van der Waals surface area contributed by atoms with Crippen LogP contribution in [0.15, 0.2) is 0 Å². The highest BCUT2D eigenvalue weighted by molar-refractivity contribution is 5.81. The zero-order chi connectivity index (χ0) is 15.4. The quantitative estimate of drug-likeness (QED) is 0.722. The number of halogens is 2. The van der Waals surface area contributed by atoms with Gasteiger partial charge in [0.05, 0.1) is 11.8 Å². The molecule has 116 valence electrons. The molecule has 3 fully saturated rings. The van der Waals surface area contributed by atoms with Crippen LogP contribution in [0.2, 0.25) is 0 Å². The molecule has 1 heterocycles. The number of rotatable bonds is 4. The SMILES string of the molecule is CC(F)(F)C(=O)OCC(=O)OC12CC3CC(C(=O)O1)C2C3. The van der Waals surface area contributed by atoms with Gasteiger partial charge in [0.1, 0.15) is 0 Å². The fraction of sp³-hybridized carbons (Fsp3) is 0.769. The van der Waals surface area contributed by atoms with E-state index in [9.17, 15) is 23.2 Å². The van der Waals surface area contributed by atoms with E-state index in [1.165, 1.54) is 0 Å². The lowest BCUT2D eigenvalue weighted by Crippen LogP contribution is -2.41. The van der Waals surface area contributed by atoms with Crippen LogP contribution >= 0.6 is 0 Å². The Kier molecular flexibility index (Phi) is 2.97. The number of alkyl halides is 2. The van der Waals surface area contributed by atoms with Crippen LogP contribution in [0.4, 0.5) is 8.78 Å². The summed E-state index contributed by atoms with van der Waals surface area (Å²) in [6.45, 7) is -0.553. The monoisotopic (exact) mass is 304 g/mol. The van der Waals surface area contributed by atoms with Crippen molar-refractivity contribution >= 4 is 17.9 Å². The Labute approximate surface area is 118 Å². The molecule has 21 heavy (non-hydrogen) atoms. The summed E-state index contributed by atoms with van der Waals surface area (Å²) in [5.74, 6) is -8.30. The number of hydrogen-bond donors (Lipinski definition) is 0. The van der Waals surface area contributed by atoms with Gasteiger partial charge in [-0.15, -0.1) is 0 Å². The third-order valence-corrected chi connectivity index (χ3v) is 4.34. The maximum atomic E-state index is 12.6. The summed E-state index contributed by atoms with van der Waals surface area (Å²) in [6, 6.07) is 0. The Bertz CT molecular complexity index is 513. The second-order valence-corrected chi connectivity index (χ2v) is 5.93. The standard InChI is InChI=1S/C13H14F2O6/c1-12(14,15)11(18)19-5-9(16)20-13-4-6-2-7(8(13)3-6)10(17)21-13/h6-8H,2-5H2,1H3. The Balaban J connectivity index is 1.59. The van der Waals surface area contributed by atoms with Crippen LogP contribution in [0, 0.1) is 17.8 Å². The van der Waals surface area contributed by atoms with Crippen molar-refractivity contribution in [2.45, 2.75) is 37.9 Å². The van der Waals surface area contributed by atoms with Gasteiger partial charge in [-0.25, -0.2) is 9.59 Å². The lowest BCUT2D eigenvalue weighted by molar-refractivity contribution is -0.226. The summed E-state index contributed by atoms with van der Waals surface area (Å²) in [7, 11) is 0. The molecular formula is C13H14F2O6. The van der Waals surface area contributed by atoms with Crippen molar-refractivity contribution < 1.29 is 37.4 Å². The molecule has 0 spiro atoms. The summed E-state index contributed by atoms with van der Waals surface area (Å²) >= 11 is 0. The van der Waals surface area contributed by atoms with Crippen molar-refractivity contribution in [3.8, 4) is 0 Å². The predicted molar refractivity (Wildman–Crippen MR) is 60.8 cm³/mol. The van der Waals surface area contributed by atoms with Crippen molar-refractivity contribution in [2.75, 3.05) is 6.61 Å². The molecule has 6 nitrogen and oxygen atoms in total. The third-order valence-electron chi connectivity index (χ3n) is 4.34. The second kappa shape index (κ2) is 4.38. The van der Waals surface area contributed by atoms with E-state index in [0.717, 1.165) is 12.8 Å². The van der Waals surface area contributed by atoms with Crippen LogP contribution < -0.4 is 0 Å². The number of hydrogen-bond acceptors (Lipinski definition) is 6. The van der Waals surface area contributed by atoms with Gasteiger partial charge in [0.15, 0.2) is 6.61 Å². The highest BCUT2D eigenvalue weighted by Crippen LogP contribution is 2.60. The van der Waals surface area contributed by atoms with Crippen LogP contribution in [-0.2, 0) is 28.6 Å². The lowest BCUT2D eigenvalue weighted by atomic mass is 9.87. The smallest absolute Gasteiger partial charge is 0.377 e. The van der Waals surface area contributed by atoms with Gasteiger partial charge in [-0.3, -0.25) is 4.79 Å². The predicted octanol–water partition coefficient (Wildman–Crippen LogP) is 1.03. The van der Waals surface area contributed by atoms with Crippen LogP contribution in [0.1, 0.15) is 26.2 Å². The van der Waals surface area contributed by atoms with E-state index in [2.05, 4.69) is 4.74 Å². The van der Waals surface area contributed by atoms with Crippen LogP contribution in [0.25, 0.3) is 0 Å². The van der Waals surface area contributed by atoms with Gasteiger partial charge in [-0.05, 0) is 18.8 Å². The molecule has 3 rings (SSSR count). The normalized spacial score (nSPS) is 36.5. The summed E-state index contributed by atoms with van der Waals surface area (Å²) in [4.78, 5) is 34.2. The fourth-order valence-electron chi connectivity index (χ4n) is 3.58. The summed E-state index contributed by atoms with van der Waals surface area (Å²) in [6.07, 6.45) is 1.90. The van der Waals surface area contributed by atoms with E-state index < -0.39 is 30.3 Å². The number of ether oxygens (including phenoxy) is 3. The van der Waals surface area contributed by atoms with Crippen LogP contribution in [0.3, 0.4) is 0 Å². The Morgan fingerprint density at radius 3 is 2.76 bits per heavy atom. The van der Waals surface area contributed by atoms with Gasteiger partial charge >= 0.3 is 23.8 Å². The lowest BCUT2D eigenvalue weighted by Gasteiger charge is -2.29. The molecule has 4 atom stereocenters. The van der Waals surface area contributed by atoms with Gasteiger partial charge in [0.25, 0.3) is 5.79 Å². The molecule has 0 radical (unpaired) electrons. The molecule has 2 aliphatic carbocycles. The average molecular weight is 304 g/mol. The zero-order valence-corrected chi connectivity index (χ0v) is 11.3. The maximum Gasteiger partial charge on any atom is 0.377 e. The molecule has 1 saturated heterocycles. The van der Waals surface area contributed by atoms with Gasteiger partial charge in [-0.2, -0.15) is 8.78 Å².